The Bertz CT molecular complexity index is 105. The molecule has 0 spiro atoms. The smallest absolute Gasteiger partial charge is 0.260 e. The first kappa shape index (κ1) is 15.3. The van der Waals surface area contributed by atoms with E-state index in [-0.39, 0.29) is 13.0 Å². The van der Waals surface area contributed by atoms with E-state index in [2.05, 4.69) is 0 Å². The van der Waals surface area contributed by atoms with Crippen molar-refractivity contribution in [1.29, 1.82) is 0 Å². The van der Waals surface area contributed by atoms with Gasteiger partial charge >= 0.3 is 0 Å². The lowest BCUT2D eigenvalue weighted by Crippen LogP contribution is -2.39. The Hall–Kier alpha value is -0.180. The van der Waals surface area contributed by atoms with E-state index in [1.807, 2.05) is 27.7 Å². The minimum atomic E-state index is -2.42. The van der Waals surface area contributed by atoms with Crippen molar-refractivity contribution < 1.29 is 8.78 Å². The molecule has 13 heavy (non-hydrogen) atoms. The summed E-state index contributed by atoms with van der Waals surface area (Å²) < 4.78 is 24.8. The van der Waals surface area contributed by atoms with Gasteiger partial charge in [-0.3, -0.25) is 0 Å². The first-order chi connectivity index (χ1) is 6.10. The van der Waals surface area contributed by atoms with Crippen molar-refractivity contribution in [3.63, 3.8) is 0 Å². The molecule has 1 aliphatic rings. The van der Waals surface area contributed by atoms with Gasteiger partial charge in [0, 0.05) is 6.42 Å². The SMILES string of the molecule is CC.CC.CN1CCCC(F)(F)C1. The number of piperidine rings is 1. The molecule has 0 aromatic rings. The monoisotopic (exact) mass is 195 g/mol. The molecule has 1 aliphatic heterocycles. The standard InChI is InChI=1S/C6H11F2N.2C2H6/c1-9-4-2-3-6(7,8)5-9;2*1-2/h2-5H2,1H3;2*1-2H3. The quantitative estimate of drug-likeness (QED) is 0.572. The van der Waals surface area contributed by atoms with Gasteiger partial charge in [-0.25, -0.2) is 8.78 Å². The van der Waals surface area contributed by atoms with Crippen LogP contribution in [0.2, 0.25) is 0 Å². The molecule has 0 aliphatic carbocycles. The number of nitrogens with zero attached hydrogens (tertiary/aromatic N) is 1. The van der Waals surface area contributed by atoms with Crippen molar-refractivity contribution in [2.75, 3.05) is 20.1 Å². The Kier molecular flexibility index (Phi) is 9.91. The molecule has 0 aromatic carbocycles. The van der Waals surface area contributed by atoms with Crippen LogP contribution in [-0.4, -0.2) is 31.0 Å². The molecule has 0 saturated carbocycles. The van der Waals surface area contributed by atoms with E-state index < -0.39 is 5.92 Å². The summed E-state index contributed by atoms with van der Waals surface area (Å²) in [7, 11) is 1.73. The summed E-state index contributed by atoms with van der Waals surface area (Å²) in [5, 5.41) is 0. The Balaban J connectivity index is 0. The molecule has 0 amide bonds. The first-order valence-corrected chi connectivity index (χ1v) is 5.16. The van der Waals surface area contributed by atoms with Gasteiger partial charge in [-0.1, -0.05) is 27.7 Å². The van der Waals surface area contributed by atoms with E-state index >= 15 is 0 Å². The lowest BCUT2D eigenvalue weighted by molar-refractivity contribution is -0.0571. The third kappa shape index (κ3) is 8.16. The summed E-state index contributed by atoms with van der Waals surface area (Å²) in [6.45, 7) is 8.75. The van der Waals surface area contributed by atoms with Crippen LogP contribution in [0.1, 0.15) is 40.5 Å². The molecule has 0 aromatic heterocycles. The average Bonchev–Trinajstić information content (AvgIpc) is 2.09. The lowest BCUT2D eigenvalue weighted by atomic mass is 10.1. The molecule has 82 valence electrons. The number of rotatable bonds is 0. The van der Waals surface area contributed by atoms with E-state index in [1.54, 1.807) is 11.9 Å². The lowest BCUT2D eigenvalue weighted by Gasteiger charge is -2.28. The summed E-state index contributed by atoms with van der Waals surface area (Å²) >= 11 is 0. The number of likely N-dealkylation sites (tertiary alicyclic amines) is 1. The van der Waals surface area contributed by atoms with Crippen LogP contribution < -0.4 is 0 Å². The van der Waals surface area contributed by atoms with Crippen molar-refractivity contribution in [3.05, 3.63) is 0 Å². The highest BCUT2D eigenvalue weighted by Gasteiger charge is 2.33. The van der Waals surface area contributed by atoms with Gasteiger partial charge in [-0.2, -0.15) is 0 Å². The molecule has 1 fully saturated rings. The first-order valence-electron chi connectivity index (χ1n) is 5.16. The number of hydrogen-bond donors (Lipinski definition) is 0. The molecule has 1 heterocycles. The second kappa shape index (κ2) is 8.42. The minimum Gasteiger partial charge on any atom is -0.301 e. The van der Waals surface area contributed by atoms with Crippen molar-refractivity contribution in [1.82, 2.24) is 4.90 Å². The van der Waals surface area contributed by atoms with Gasteiger partial charge in [0.1, 0.15) is 0 Å². The molecular formula is C10H23F2N. The van der Waals surface area contributed by atoms with Crippen LogP contribution in [0.4, 0.5) is 8.78 Å². The van der Waals surface area contributed by atoms with Gasteiger partial charge < -0.3 is 4.90 Å². The van der Waals surface area contributed by atoms with Gasteiger partial charge in [0.15, 0.2) is 0 Å². The van der Waals surface area contributed by atoms with E-state index in [0.717, 1.165) is 6.54 Å². The maximum absolute atomic E-state index is 12.4. The van der Waals surface area contributed by atoms with Gasteiger partial charge in [-0.05, 0) is 20.0 Å². The van der Waals surface area contributed by atoms with Crippen LogP contribution in [0.3, 0.4) is 0 Å². The summed E-state index contributed by atoms with van der Waals surface area (Å²) in [5.41, 5.74) is 0. The third-order valence-electron chi connectivity index (χ3n) is 1.58. The van der Waals surface area contributed by atoms with Crippen LogP contribution in [0.15, 0.2) is 0 Å². The highest BCUT2D eigenvalue weighted by Crippen LogP contribution is 2.25. The fourth-order valence-corrected chi connectivity index (χ4v) is 1.16. The second-order valence-electron chi connectivity index (χ2n) is 2.70. The number of hydrogen-bond acceptors (Lipinski definition) is 1. The van der Waals surface area contributed by atoms with Crippen LogP contribution in [0.25, 0.3) is 0 Å². The highest BCUT2D eigenvalue weighted by atomic mass is 19.3. The van der Waals surface area contributed by atoms with E-state index in [9.17, 15) is 8.78 Å². The summed E-state index contributed by atoms with van der Waals surface area (Å²) in [4.78, 5) is 1.67. The van der Waals surface area contributed by atoms with Crippen LogP contribution in [0, 0.1) is 0 Å². The molecule has 3 heteroatoms. The number of halogens is 2. The molecule has 1 rings (SSSR count). The van der Waals surface area contributed by atoms with Crippen LogP contribution >= 0.6 is 0 Å². The van der Waals surface area contributed by atoms with Crippen LogP contribution in [-0.2, 0) is 0 Å². The molecule has 0 unspecified atom stereocenters. The van der Waals surface area contributed by atoms with Crippen molar-refractivity contribution in [2.45, 2.75) is 46.5 Å². The van der Waals surface area contributed by atoms with Crippen molar-refractivity contribution in [3.8, 4) is 0 Å². The van der Waals surface area contributed by atoms with Gasteiger partial charge in [0.25, 0.3) is 5.92 Å². The zero-order valence-corrected chi connectivity index (χ0v) is 9.53. The van der Waals surface area contributed by atoms with E-state index in [0.29, 0.717) is 6.42 Å². The van der Waals surface area contributed by atoms with E-state index in [1.165, 1.54) is 0 Å². The molecule has 1 saturated heterocycles. The predicted molar refractivity (Wildman–Crippen MR) is 54.4 cm³/mol. The molecular weight excluding hydrogens is 172 g/mol. The van der Waals surface area contributed by atoms with Crippen molar-refractivity contribution in [2.24, 2.45) is 0 Å². The minimum absolute atomic E-state index is 0.0625. The predicted octanol–water partition coefficient (Wildman–Crippen LogP) is 3.40. The Labute approximate surface area is 81.1 Å². The zero-order chi connectivity index (χ0) is 10.9. The second-order valence-corrected chi connectivity index (χ2v) is 2.70. The maximum atomic E-state index is 12.4. The van der Waals surface area contributed by atoms with Gasteiger partial charge in [-0.15, -0.1) is 0 Å². The highest BCUT2D eigenvalue weighted by molar-refractivity contribution is 4.75. The molecule has 1 nitrogen and oxygen atoms in total. The molecule has 0 radical (unpaired) electrons. The zero-order valence-electron chi connectivity index (χ0n) is 9.53. The fourth-order valence-electron chi connectivity index (χ4n) is 1.16. The summed E-state index contributed by atoms with van der Waals surface area (Å²) in [6.07, 6.45) is 0.695. The fraction of sp³-hybridized carbons (Fsp3) is 1.00. The molecule has 0 atom stereocenters. The maximum Gasteiger partial charge on any atom is 0.260 e. The van der Waals surface area contributed by atoms with Gasteiger partial charge in [0.05, 0.1) is 6.54 Å². The third-order valence-corrected chi connectivity index (χ3v) is 1.58. The van der Waals surface area contributed by atoms with Crippen molar-refractivity contribution >= 4 is 0 Å². The van der Waals surface area contributed by atoms with Gasteiger partial charge in [0.2, 0.25) is 0 Å². The van der Waals surface area contributed by atoms with E-state index in [4.69, 9.17) is 0 Å². The Morgan fingerprint density at radius 1 is 1.08 bits per heavy atom. The largest absolute Gasteiger partial charge is 0.301 e. The average molecular weight is 195 g/mol. The topological polar surface area (TPSA) is 3.24 Å². The summed E-state index contributed by atoms with van der Waals surface area (Å²) in [5.74, 6) is -2.42. The summed E-state index contributed by atoms with van der Waals surface area (Å²) in [6, 6.07) is 0. The van der Waals surface area contributed by atoms with Crippen LogP contribution in [0.5, 0.6) is 0 Å². The normalized spacial score (nSPS) is 20.5. The molecule has 0 bridgehead atoms. The Morgan fingerprint density at radius 3 is 1.77 bits per heavy atom. The molecule has 0 N–H and O–H groups in total. The number of alkyl halides is 2. The Morgan fingerprint density at radius 2 is 1.54 bits per heavy atom.